The second-order valence-electron chi connectivity index (χ2n) is 8.63. The van der Waals surface area contributed by atoms with Crippen LogP contribution >= 0.6 is 0 Å². The smallest absolute Gasteiger partial charge is 0.0334 e. The Morgan fingerprint density at radius 3 is 2.10 bits per heavy atom. The fraction of sp³-hybridized carbons (Fsp3) is 1.00. The molecule has 0 aromatic rings. The van der Waals surface area contributed by atoms with Gasteiger partial charge < -0.3 is 5.73 Å². The average molecular weight is 280 g/mol. The van der Waals surface area contributed by atoms with Crippen LogP contribution in [0.3, 0.4) is 0 Å². The Labute approximate surface area is 126 Å². The van der Waals surface area contributed by atoms with E-state index < -0.39 is 0 Å². The molecule has 0 aromatic carbocycles. The maximum atomic E-state index is 6.27. The van der Waals surface area contributed by atoms with Gasteiger partial charge in [-0.2, -0.15) is 0 Å². The third-order valence-electron chi connectivity index (χ3n) is 6.72. The first-order valence-corrected chi connectivity index (χ1v) is 8.73. The van der Waals surface area contributed by atoms with Crippen molar-refractivity contribution in [3.63, 3.8) is 0 Å². The fourth-order valence-corrected chi connectivity index (χ4v) is 4.49. The molecule has 0 aliphatic heterocycles. The van der Waals surface area contributed by atoms with Gasteiger partial charge in [-0.3, -0.25) is 4.90 Å². The minimum absolute atomic E-state index is 0.276. The summed E-state index contributed by atoms with van der Waals surface area (Å²) in [5.74, 6) is 1.68. The summed E-state index contributed by atoms with van der Waals surface area (Å²) in [6.07, 6.45) is 9.39. The zero-order valence-electron chi connectivity index (χ0n) is 14.4. The van der Waals surface area contributed by atoms with Crippen LogP contribution < -0.4 is 5.73 Å². The van der Waals surface area contributed by atoms with Gasteiger partial charge in [-0.15, -0.1) is 0 Å². The van der Waals surface area contributed by atoms with Gasteiger partial charge in [0.05, 0.1) is 0 Å². The molecule has 0 spiro atoms. The van der Waals surface area contributed by atoms with Crippen LogP contribution in [0.15, 0.2) is 0 Å². The predicted molar refractivity (Wildman–Crippen MR) is 87.8 cm³/mol. The largest absolute Gasteiger partial charge is 0.329 e. The minimum Gasteiger partial charge on any atom is -0.329 e. The summed E-state index contributed by atoms with van der Waals surface area (Å²) >= 11 is 0. The van der Waals surface area contributed by atoms with Crippen molar-refractivity contribution in [3.05, 3.63) is 0 Å². The molecule has 118 valence electrons. The zero-order chi connectivity index (χ0) is 15.0. The van der Waals surface area contributed by atoms with Crippen molar-refractivity contribution in [1.29, 1.82) is 0 Å². The molecule has 0 saturated heterocycles. The summed E-state index contributed by atoms with van der Waals surface area (Å²) < 4.78 is 0. The SMILES string of the molecule is CC1CCC(CN)(N(C)C2CCC(C)(C)CC2)CC1C. The van der Waals surface area contributed by atoms with Crippen molar-refractivity contribution < 1.29 is 0 Å². The van der Waals surface area contributed by atoms with E-state index in [0.717, 1.165) is 24.4 Å². The molecule has 0 heterocycles. The molecule has 3 unspecified atom stereocenters. The third-order valence-corrected chi connectivity index (χ3v) is 6.72. The zero-order valence-corrected chi connectivity index (χ0v) is 14.4. The molecule has 2 saturated carbocycles. The predicted octanol–water partition coefficient (Wildman–Crippen LogP) is 4.04. The van der Waals surface area contributed by atoms with Crippen LogP contribution in [0.5, 0.6) is 0 Å². The summed E-state index contributed by atoms with van der Waals surface area (Å²) in [4.78, 5) is 2.70. The molecule has 2 nitrogen and oxygen atoms in total. The first-order chi connectivity index (χ1) is 9.30. The van der Waals surface area contributed by atoms with E-state index in [1.165, 1.54) is 44.9 Å². The number of rotatable bonds is 3. The quantitative estimate of drug-likeness (QED) is 0.845. The van der Waals surface area contributed by atoms with Gasteiger partial charge in [-0.05, 0) is 69.2 Å². The molecule has 0 aromatic heterocycles. The van der Waals surface area contributed by atoms with Gasteiger partial charge in [-0.1, -0.05) is 27.7 Å². The van der Waals surface area contributed by atoms with Crippen LogP contribution in [0, 0.1) is 17.3 Å². The number of likely N-dealkylation sites (N-methyl/N-ethyl adjacent to an activating group) is 1. The van der Waals surface area contributed by atoms with Gasteiger partial charge in [0.1, 0.15) is 0 Å². The Morgan fingerprint density at radius 2 is 1.60 bits per heavy atom. The fourth-order valence-electron chi connectivity index (χ4n) is 4.49. The summed E-state index contributed by atoms with van der Waals surface area (Å²) in [6, 6.07) is 0.757. The highest BCUT2D eigenvalue weighted by Crippen LogP contribution is 2.43. The van der Waals surface area contributed by atoms with Gasteiger partial charge in [-0.25, -0.2) is 0 Å². The minimum atomic E-state index is 0.276. The Kier molecular flexibility index (Phi) is 4.86. The van der Waals surface area contributed by atoms with Gasteiger partial charge in [0.2, 0.25) is 0 Å². The number of hydrogen-bond acceptors (Lipinski definition) is 2. The lowest BCUT2D eigenvalue weighted by Gasteiger charge is -2.52. The molecule has 2 rings (SSSR count). The van der Waals surface area contributed by atoms with E-state index in [4.69, 9.17) is 5.73 Å². The normalized spacial score (nSPS) is 39.1. The summed E-state index contributed by atoms with van der Waals surface area (Å²) in [5, 5.41) is 0. The molecule has 2 N–H and O–H groups in total. The van der Waals surface area contributed by atoms with Gasteiger partial charge in [0.15, 0.2) is 0 Å². The Bertz CT molecular complexity index is 315. The molecule has 2 fully saturated rings. The first kappa shape index (κ1) is 16.3. The molecular formula is C18H36N2. The van der Waals surface area contributed by atoms with Crippen LogP contribution in [-0.4, -0.2) is 30.1 Å². The maximum Gasteiger partial charge on any atom is 0.0334 e. The van der Waals surface area contributed by atoms with Gasteiger partial charge >= 0.3 is 0 Å². The summed E-state index contributed by atoms with van der Waals surface area (Å²) in [7, 11) is 2.36. The Morgan fingerprint density at radius 1 is 1.00 bits per heavy atom. The second kappa shape index (κ2) is 5.96. The van der Waals surface area contributed by atoms with Crippen LogP contribution in [0.1, 0.15) is 72.6 Å². The number of hydrogen-bond donors (Lipinski definition) is 1. The molecule has 0 amide bonds. The van der Waals surface area contributed by atoms with Crippen LogP contribution in [-0.2, 0) is 0 Å². The van der Waals surface area contributed by atoms with Gasteiger partial charge in [0.25, 0.3) is 0 Å². The molecule has 0 bridgehead atoms. The van der Waals surface area contributed by atoms with E-state index in [1.54, 1.807) is 0 Å². The van der Waals surface area contributed by atoms with E-state index in [2.05, 4.69) is 39.6 Å². The van der Waals surface area contributed by atoms with E-state index in [1.807, 2.05) is 0 Å². The van der Waals surface area contributed by atoms with Crippen LogP contribution in [0.25, 0.3) is 0 Å². The van der Waals surface area contributed by atoms with E-state index in [9.17, 15) is 0 Å². The van der Waals surface area contributed by atoms with Gasteiger partial charge in [0, 0.05) is 18.1 Å². The monoisotopic (exact) mass is 280 g/mol. The van der Waals surface area contributed by atoms with E-state index in [-0.39, 0.29) is 5.54 Å². The highest BCUT2D eigenvalue weighted by molar-refractivity contribution is 4.99. The average Bonchev–Trinajstić information content (AvgIpc) is 2.41. The van der Waals surface area contributed by atoms with E-state index in [0.29, 0.717) is 5.41 Å². The first-order valence-electron chi connectivity index (χ1n) is 8.73. The standard InChI is InChI=1S/C18H36N2/c1-14-6-11-18(13-19,12-15(14)2)20(5)16-7-9-17(3,4)10-8-16/h14-16H,6-13,19H2,1-5H3. The molecule has 2 heteroatoms. The van der Waals surface area contributed by atoms with E-state index >= 15 is 0 Å². The van der Waals surface area contributed by atoms with Crippen LogP contribution in [0.2, 0.25) is 0 Å². The van der Waals surface area contributed by atoms with Crippen molar-refractivity contribution in [2.75, 3.05) is 13.6 Å². The Hall–Kier alpha value is -0.0800. The second-order valence-corrected chi connectivity index (χ2v) is 8.63. The molecule has 2 aliphatic carbocycles. The molecule has 2 aliphatic rings. The number of nitrogens with zero attached hydrogens (tertiary/aromatic N) is 1. The Balaban J connectivity index is 2.04. The summed E-state index contributed by atoms with van der Waals surface area (Å²) in [6.45, 7) is 10.5. The lowest BCUT2D eigenvalue weighted by atomic mass is 9.68. The summed E-state index contributed by atoms with van der Waals surface area (Å²) in [5.41, 5.74) is 7.10. The maximum absolute atomic E-state index is 6.27. The molecular weight excluding hydrogens is 244 g/mol. The van der Waals surface area contributed by atoms with Crippen molar-refractivity contribution in [3.8, 4) is 0 Å². The van der Waals surface area contributed by atoms with Crippen molar-refractivity contribution in [2.45, 2.75) is 84.2 Å². The highest BCUT2D eigenvalue weighted by atomic mass is 15.2. The van der Waals surface area contributed by atoms with Crippen molar-refractivity contribution in [2.24, 2.45) is 23.0 Å². The highest BCUT2D eigenvalue weighted by Gasteiger charge is 2.43. The van der Waals surface area contributed by atoms with Crippen molar-refractivity contribution in [1.82, 2.24) is 4.90 Å². The molecule has 20 heavy (non-hydrogen) atoms. The molecule has 3 atom stereocenters. The third kappa shape index (κ3) is 3.22. The lowest BCUT2D eigenvalue weighted by Crippen LogP contribution is -2.59. The topological polar surface area (TPSA) is 29.3 Å². The lowest BCUT2D eigenvalue weighted by molar-refractivity contribution is -0.0106. The van der Waals surface area contributed by atoms with Crippen molar-refractivity contribution >= 4 is 0 Å². The number of nitrogens with two attached hydrogens (primary N) is 1. The molecule has 0 radical (unpaired) electrons. The van der Waals surface area contributed by atoms with Crippen LogP contribution in [0.4, 0.5) is 0 Å².